The molecule has 3 aromatic carbocycles. The lowest BCUT2D eigenvalue weighted by atomic mass is 10.1. The number of sulfone groups is 1. The van der Waals surface area contributed by atoms with Crippen LogP contribution in [0.4, 0.5) is 13.2 Å². The Balaban J connectivity index is 1.49. The molecule has 1 aromatic heterocycles. The second-order valence-corrected chi connectivity index (χ2v) is 12.9. The minimum atomic E-state index is -4.53. The Morgan fingerprint density at radius 1 is 0.956 bits per heavy atom. The average molecular weight is 641 g/mol. The maximum atomic E-state index is 13.8. The Labute approximate surface area is 261 Å². The number of carbonyl (C=O) groups excluding carboxylic acids is 1. The zero-order valence-corrected chi connectivity index (χ0v) is 25.7. The predicted molar refractivity (Wildman–Crippen MR) is 163 cm³/mol. The van der Waals surface area contributed by atoms with Gasteiger partial charge in [0.05, 0.1) is 49.5 Å². The number of morpholine rings is 1. The normalized spacial score (nSPS) is 14.4. The molecule has 1 aliphatic rings. The van der Waals surface area contributed by atoms with Gasteiger partial charge >= 0.3 is 6.18 Å². The molecule has 8 nitrogen and oxygen atoms in total. The molecular weight excluding hydrogens is 605 g/mol. The average Bonchev–Trinajstić information content (AvgIpc) is 3.43. The molecule has 5 rings (SSSR count). The summed E-state index contributed by atoms with van der Waals surface area (Å²) < 4.78 is 74.2. The summed E-state index contributed by atoms with van der Waals surface area (Å²) in [5.74, 6) is -0.704. The molecule has 45 heavy (non-hydrogen) atoms. The number of benzene rings is 3. The Kier molecular flexibility index (Phi) is 10.1. The zero-order chi connectivity index (χ0) is 32.0. The number of amides is 1. The van der Waals surface area contributed by atoms with E-state index in [1.54, 1.807) is 16.7 Å². The molecule has 0 unspecified atom stereocenters. The van der Waals surface area contributed by atoms with Gasteiger partial charge in [0.25, 0.3) is 5.91 Å². The first-order valence-electron chi connectivity index (χ1n) is 14.6. The number of alkyl halides is 3. The van der Waals surface area contributed by atoms with Crippen molar-refractivity contribution < 1.29 is 31.1 Å². The molecule has 238 valence electrons. The highest BCUT2D eigenvalue weighted by Gasteiger charge is 2.31. The Morgan fingerprint density at radius 3 is 2.29 bits per heavy atom. The van der Waals surface area contributed by atoms with Gasteiger partial charge in [-0.05, 0) is 47.9 Å². The minimum absolute atomic E-state index is 0.00388. The molecule has 1 amide bonds. The molecule has 0 bridgehead atoms. The van der Waals surface area contributed by atoms with Crippen LogP contribution < -0.4 is 0 Å². The molecule has 0 N–H and O–H groups in total. The Bertz CT molecular complexity index is 1700. The van der Waals surface area contributed by atoms with Crippen molar-refractivity contribution in [3.63, 3.8) is 0 Å². The molecular formula is C33H35F3N4O4S. The van der Waals surface area contributed by atoms with E-state index >= 15 is 0 Å². The summed E-state index contributed by atoms with van der Waals surface area (Å²) in [6, 6.07) is 20.7. The van der Waals surface area contributed by atoms with Crippen LogP contribution in [0.5, 0.6) is 0 Å². The van der Waals surface area contributed by atoms with Crippen molar-refractivity contribution in [2.75, 3.05) is 39.4 Å². The van der Waals surface area contributed by atoms with E-state index in [0.29, 0.717) is 44.1 Å². The fourth-order valence-corrected chi connectivity index (χ4v) is 6.86. The summed E-state index contributed by atoms with van der Waals surface area (Å²) in [7, 11) is -3.90. The van der Waals surface area contributed by atoms with Crippen LogP contribution in [0.1, 0.15) is 38.3 Å². The number of aromatic nitrogens is 2. The molecule has 4 aromatic rings. The highest BCUT2D eigenvalue weighted by atomic mass is 32.2. The maximum Gasteiger partial charge on any atom is 0.416 e. The third-order valence-electron chi connectivity index (χ3n) is 7.86. The smallest absolute Gasteiger partial charge is 0.379 e. The van der Waals surface area contributed by atoms with Crippen molar-refractivity contribution in [3.05, 3.63) is 119 Å². The molecule has 1 fully saturated rings. The van der Waals surface area contributed by atoms with Gasteiger partial charge in [-0.2, -0.15) is 13.2 Å². The summed E-state index contributed by atoms with van der Waals surface area (Å²) in [4.78, 5) is 21.8. The van der Waals surface area contributed by atoms with Gasteiger partial charge in [0.2, 0.25) is 15.0 Å². The monoisotopic (exact) mass is 640 g/mol. The van der Waals surface area contributed by atoms with E-state index in [9.17, 15) is 26.4 Å². The van der Waals surface area contributed by atoms with Gasteiger partial charge in [-0.25, -0.2) is 13.4 Å². The van der Waals surface area contributed by atoms with Gasteiger partial charge in [0.15, 0.2) is 0 Å². The lowest BCUT2D eigenvalue weighted by Crippen LogP contribution is -2.43. The van der Waals surface area contributed by atoms with Crippen LogP contribution in [-0.2, 0) is 39.6 Å². The van der Waals surface area contributed by atoms with E-state index in [2.05, 4.69) is 9.88 Å². The van der Waals surface area contributed by atoms with Crippen LogP contribution >= 0.6 is 0 Å². The number of nitrogens with zero attached hydrogens (tertiary/aromatic N) is 4. The molecule has 1 saturated heterocycles. The number of rotatable bonds is 11. The quantitative estimate of drug-likeness (QED) is 0.224. The van der Waals surface area contributed by atoms with Crippen LogP contribution in [0, 0.1) is 6.92 Å². The fourth-order valence-electron chi connectivity index (χ4n) is 5.26. The number of carbonyl (C=O) groups is 1. The number of ether oxygens (including phenoxy) is 1. The first-order valence-corrected chi connectivity index (χ1v) is 16.3. The van der Waals surface area contributed by atoms with Gasteiger partial charge in [-0.3, -0.25) is 9.69 Å². The summed E-state index contributed by atoms with van der Waals surface area (Å²) in [6.07, 6.45) is -3.06. The van der Waals surface area contributed by atoms with E-state index in [1.165, 1.54) is 23.2 Å². The molecule has 1 aliphatic heterocycles. The van der Waals surface area contributed by atoms with Crippen LogP contribution in [-0.4, -0.2) is 73.1 Å². The van der Waals surface area contributed by atoms with E-state index < -0.39 is 27.5 Å². The SMILES string of the molecule is Cc1ccccc1CS(=O)(=O)c1ncc(CN(CCN2CCOCC2)C(=O)c2ccc(C(F)(F)F)cc2)n1Cc1ccccc1. The molecule has 12 heteroatoms. The fraction of sp³-hybridized carbons (Fsp3) is 0.333. The molecule has 0 spiro atoms. The van der Waals surface area contributed by atoms with Crippen LogP contribution in [0.2, 0.25) is 0 Å². The number of halogens is 3. The second kappa shape index (κ2) is 14.0. The minimum Gasteiger partial charge on any atom is -0.379 e. The van der Waals surface area contributed by atoms with Crippen LogP contribution in [0.15, 0.2) is 90.2 Å². The van der Waals surface area contributed by atoms with Crippen molar-refractivity contribution in [2.24, 2.45) is 0 Å². The van der Waals surface area contributed by atoms with E-state index in [4.69, 9.17) is 4.74 Å². The number of aryl methyl sites for hydroxylation is 1. The molecule has 0 atom stereocenters. The van der Waals surface area contributed by atoms with E-state index in [-0.39, 0.29) is 36.1 Å². The van der Waals surface area contributed by atoms with Gasteiger partial charge in [0.1, 0.15) is 0 Å². The van der Waals surface area contributed by atoms with Crippen LogP contribution in [0.25, 0.3) is 0 Å². The van der Waals surface area contributed by atoms with Crippen molar-refractivity contribution in [1.82, 2.24) is 19.4 Å². The van der Waals surface area contributed by atoms with Crippen molar-refractivity contribution in [1.29, 1.82) is 0 Å². The Morgan fingerprint density at radius 2 is 1.62 bits per heavy atom. The lowest BCUT2D eigenvalue weighted by Gasteiger charge is -2.30. The third kappa shape index (κ3) is 8.19. The largest absolute Gasteiger partial charge is 0.416 e. The maximum absolute atomic E-state index is 13.8. The first kappa shape index (κ1) is 32.4. The summed E-state index contributed by atoms with van der Waals surface area (Å²) >= 11 is 0. The Hall–Kier alpha value is -4.00. The van der Waals surface area contributed by atoms with Gasteiger partial charge in [-0.15, -0.1) is 0 Å². The second-order valence-electron chi connectivity index (χ2n) is 11.0. The standard InChI is InChI=1S/C33H35F3N4O4S/c1-25-7-5-6-10-28(25)24-45(42,43)32-37-21-30(40(32)22-26-8-3-2-4-9-26)23-39(16-15-38-17-19-44-20-18-38)31(41)27-11-13-29(14-12-27)33(34,35)36/h2-14,21H,15-20,22-24H2,1H3. The molecule has 0 radical (unpaired) electrons. The summed E-state index contributed by atoms with van der Waals surface area (Å²) in [6.45, 7) is 5.35. The van der Waals surface area contributed by atoms with E-state index in [1.807, 2.05) is 49.4 Å². The van der Waals surface area contributed by atoms with Gasteiger partial charge < -0.3 is 14.2 Å². The third-order valence-corrected chi connectivity index (χ3v) is 9.43. The molecule has 0 aliphatic carbocycles. The first-order chi connectivity index (χ1) is 21.5. The summed E-state index contributed by atoms with van der Waals surface area (Å²) in [5.41, 5.74) is 2.11. The van der Waals surface area contributed by atoms with Gasteiger partial charge in [0, 0.05) is 31.7 Å². The molecule has 0 saturated carbocycles. The number of imidazole rings is 1. The highest BCUT2D eigenvalue weighted by molar-refractivity contribution is 7.90. The van der Waals surface area contributed by atoms with E-state index in [0.717, 1.165) is 23.3 Å². The number of hydrogen-bond donors (Lipinski definition) is 0. The lowest BCUT2D eigenvalue weighted by molar-refractivity contribution is -0.137. The highest BCUT2D eigenvalue weighted by Crippen LogP contribution is 2.29. The zero-order valence-electron chi connectivity index (χ0n) is 24.9. The topological polar surface area (TPSA) is 84.7 Å². The van der Waals surface area contributed by atoms with Crippen molar-refractivity contribution >= 4 is 15.7 Å². The predicted octanol–water partition coefficient (Wildman–Crippen LogP) is 5.21. The van der Waals surface area contributed by atoms with Crippen molar-refractivity contribution in [2.45, 2.75) is 37.1 Å². The molecule has 2 heterocycles. The van der Waals surface area contributed by atoms with Crippen LogP contribution in [0.3, 0.4) is 0 Å². The van der Waals surface area contributed by atoms with Crippen molar-refractivity contribution in [3.8, 4) is 0 Å². The number of hydrogen-bond acceptors (Lipinski definition) is 6. The van der Waals surface area contributed by atoms with Gasteiger partial charge in [-0.1, -0.05) is 54.6 Å². The summed E-state index contributed by atoms with van der Waals surface area (Å²) in [5, 5.41) is -0.111.